The number of anilines is 1. The van der Waals surface area contributed by atoms with Gasteiger partial charge in [0.25, 0.3) is 11.5 Å². The molecule has 2 aromatic rings. The van der Waals surface area contributed by atoms with Crippen molar-refractivity contribution in [2.24, 2.45) is 0 Å². The van der Waals surface area contributed by atoms with E-state index in [4.69, 9.17) is 4.74 Å². The van der Waals surface area contributed by atoms with Crippen molar-refractivity contribution >= 4 is 11.9 Å². The Labute approximate surface area is 152 Å². The van der Waals surface area contributed by atoms with Gasteiger partial charge in [0.2, 0.25) is 5.95 Å². The minimum Gasteiger partial charge on any atom is -0.380 e. The molecule has 0 radical (unpaired) electrons. The van der Waals surface area contributed by atoms with Crippen LogP contribution in [0.2, 0.25) is 0 Å². The van der Waals surface area contributed by atoms with Crippen molar-refractivity contribution < 1.29 is 9.53 Å². The molecule has 1 saturated heterocycles. The van der Waals surface area contributed by atoms with E-state index in [-0.39, 0.29) is 17.4 Å². The van der Waals surface area contributed by atoms with Crippen molar-refractivity contribution in [2.75, 3.05) is 39.2 Å². The van der Waals surface area contributed by atoms with E-state index in [1.54, 1.807) is 12.0 Å². The van der Waals surface area contributed by atoms with Crippen LogP contribution in [0.25, 0.3) is 0 Å². The smallest absolute Gasteiger partial charge is 0.254 e. The number of amides is 1. The number of hydrogen-bond acceptors (Lipinski definition) is 5. The Balaban J connectivity index is 1.79. The Bertz CT molecular complexity index is 847. The van der Waals surface area contributed by atoms with Gasteiger partial charge in [0.05, 0.1) is 12.3 Å². The third-order valence-corrected chi connectivity index (χ3v) is 4.61. The number of aromatic amines is 1. The lowest BCUT2D eigenvalue weighted by atomic mass is 10.0. The van der Waals surface area contributed by atoms with Gasteiger partial charge in [-0.25, -0.2) is 4.98 Å². The predicted octanol–water partition coefficient (Wildman–Crippen LogP) is 1.61. The zero-order valence-electron chi connectivity index (χ0n) is 15.4. The molecule has 1 aliphatic rings. The van der Waals surface area contributed by atoms with Crippen molar-refractivity contribution in [3.8, 4) is 0 Å². The summed E-state index contributed by atoms with van der Waals surface area (Å²) in [7, 11) is 5.28. The molecular weight excluding hydrogens is 332 g/mol. The van der Waals surface area contributed by atoms with Crippen molar-refractivity contribution in [1.82, 2.24) is 14.9 Å². The Morgan fingerprint density at radius 1 is 1.38 bits per heavy atom. The van der Waals surface area contributed by atoms with Crippen LogP contribution in [0, 0.1) is 0 Å². The summed E-state index contributed by atoms with van der Waals surface area (Å²) in [4.78, 5) is 35.7. The maximum absolute atomic E-state index is 12.9. The van der Waals surface area contributed by atoms with E-state index in [2.05, 4.69) is 9.97 Å². The van der Waals surface area contributed by atoms with E-state index in [0.29, 0.717) is 31.2 Å². The van der Waals surface area contributed by atoms with Crippen LogP contribution >= 0.6 is 0 Å². The molecule has 1 fully saturated rings. The number of aromatic nitrogens is 2. The number of likely N-dealkylation sites (tertiary alicyclic amines) is 1. The number of ether oxygens (including phenoxy) is 1. The molecule has 2 heterocycles. The van der Waals surface area contributed by atoms with E-state index in [0.717, 1.165) is 17.7 Å². The molecule has 1 amide bonds. The lowest BCUT2D eigenvalue weighted by Crippen LogP contribution is -2.29. The molecule has 0 spiro atoms. The maximum atomic E-state index is 12.9. The number of methoxy groups -OCH3 is 1. The minimum atomic E-state index is -0.172. The average Bonchev–Trinajstić information content (AvgIpc) is 3.11. The number of rotatable bonds is 5. The third kappa shape index (κ3) is 3.77. The average molecular weight is 356 g/mol. The number of hydrogen-bond donors (Lipinski definition) is 1. The number of benzene rings is 1. The van der Waals surface area contributed by atoms with Gasteiger partial charge >= 0.3 is 0 Å². The second-order valence-electron chi connectivity index (χ2n) is 6.72. The summed E-state index contributed by atoms with van der Waals surface area (Å²) in [5.74, 6) is 0.593. The summed E-state index contributed by atoms with van der Waals surface area (Å²) >= 11 is 0. The van der Waals surface area contributed by atoms with Crippen molar-refractivity contribution in [3.63, 3.8) is 0 Å². The van der Waals surface area contributed by atoms with Gasteiger partial charge in [0.15, 0.2) is 0 Å². The fourth-order valence-electron chi connectivity index (χ4n) is 3.25. The summed E-state index contributed by atoms with van der Waals surface area (Å²) in [6.45, 7) is 1.61. The van der Waals surface area contributed by atoms with Crippen molar-refractivity contribution in [3.05, 3.63) is 57.5 Å². The van der Waals surface area contributed by atoms with Gasteiger partial charge in [0.1, 0.15) is 0 Å². The second kappa shape index (κ2) is 7.70. The van der Waals surface area contributed by atoms with Gasteiger partial charge in [-0.1, -0.05) is 18.2 Å². The molecule has 7 heteroatoms. The molecule has 0 bridgehead atoms. The van der Waals surface area contributed by atoms with E-state index < -0.39 is 0 Å². The molecule has 1 aromatic carbocycles. The Hall–Kier alpha value is -2.67. The van der Waals surface area contributed by atoms with Gasteiger partial charge in [-0.2, -0.15) is 0 Å². The van der Waals surface area contributed by atoms with Crippen LogP contribution in [0.3, 0.4) is 0 Å². The topological polar surface area (TPSA) is 78.5 Å². The van der Waals surface area contributed by atoms with E-state index in [1.807, 2.05) is 43.3 Å². The van der Waals surface area contributed by atoms with Crippen LogP contribution in [0.5, 0.6) is 0 Å². The van der Waals surface area contributed by atoms with Crippen LogP contribution in [-0.4, -0.2) is 55.1 Å². The lowest BCUT2D eigenvalue weighted by Gasteiger charge is -2.19. The fourth-order valence-corrected chi connectivity index (χ4v) is 3.25. The highest BCUT2D eigenvalue weighted by Gasteiger charge is 2.30. The number of nitrogens with one attached hydrogen (secondary N) is 1. The highest BCUT2D eigenvalue weighted by molar-refractivity contribution is 5.95. The second-order valence-corrected chi connectivity index (χ2v) is 6.72. The standard InChI is InChI=1S/C19H24N4O3/c1-22(2)19-20-16(10-17(24)21-19)13-8-9-23(11-13)18(25)15-7-5-4-6-14(15)12-26-3/h4-7,10,13H,8-9,11-12H2,1-3H3,(H,20,21,24). The molecule has 1 atom stereocenters. The number of carbonyl (C=O) groups excluding carboxylic acids is 1. The van der Waals surface area contributed by atoms with Gasteiger partial charge in [0, 0.05) is 51.8 Å². The molecular formula is C19H24N4O3. The molecule has 7 nitrogen and oxygen atoms in total. The molecule has 26 heavy (non-hydrogen) atoms. The largest absolute Gasteiger partial charge is 0.380 e. The third-order valence-electron chi connectivity index (χ3n) is 4.61. The van der Waals surface area contributed by atoms with Crippen molar-refractivity contribution in [2.45, 2.75) is 18.9 Å². The quantitative estimate of drug-likeness (QED) is 0.881. The summed E-state index contributed by atoms with van der Waals surface area (Å²) in [5.41, 5.74) is 2.11. The van der Waals surface area contributed by atoms with Gasteiger partial charge < -0.3 is 14.5 Å². The van der Waals surface area contributed by atoms with Gasteiger partial charge in [-0.3, -0.25) is 14.6 Å². The maximum Gasteiger partial charge on any atom is 0.254 e. The summed E-state index contributed by atoms with van der Waals surface area (Å²) in [6.07, 6.45) is 0.793. The Morgan fingerprint density at radius 3 is 2.88 bits per heavy atom. The summed E-state index contributed by atoms with van der Waals surface area (Å²) in [5, 5.41) is 0. The van der Waals surface area contributed by atoms with Gasteiger partial charge in [-0.05, 0) is 18.1 Å². The fraction of sp³-hybridized carbons (Fsp3) is 0.421. The van der Waals surface area contributed by atoms with Crippen LogP contribution in [0.1, 0.15) is 34.0 Å². The summed E-state index contributed by atoms with van der Waals surface area (Å²) in [6, 6.07) is 9.04. The molecule has 0 aliphatic carbocycles. The first-order valence-corrected chi connectivity index (χ1v) is 8.64. The van der Waals surface area contributed by atoms with Crippen LogP contribution in [0.4, 0.5) is 5.95 Å². The van der Waals surface area contributed by atoms with Gasteiger partial charge in [-0.15, -0.1) is 0 Å². The molecule has 1 unspecified atom stereocenters. The minimum absolute atomic E-state index is 0.00202. The number of H-pyrrole nitrogens is 1. The SMILES string of the molecule is COCc1ccccc1C(=O)N1CCC(c2cc(=O)[nH]c(N(C)C)n2)C1. The number of nitrogens with zero attached hydrogens (tertiary/aromatic N) is 3. The molecule has 1 N–H and O–H groups in total. The van der Waals surface area contributed by atoms with Crippen LogP contribution in [-0.2, 0) is 11.3 Å². The molecule has 1 aliphatic heterocycles. The molecule has 1 aromatic heterocycles. The Morgan fingerprint density at radius 2 is 2.15 bits per heavy atom. The highest BCUT2D eigenvalue weighted by atomic mass is 16.5. The predicted molar refractivity (Wildman–Crippen MR) is 99.6 cm³/mol. The van der Waals surface area contributed by atoms with Crippen LogP contribution < -0.4 is 10.5 Å². The molecule has 3 rings (SSSR count). The molecule has 138 valence electrons. The number of carbonyl (C=O) groups is 1. The van der Waals surface area contributed by atoms with E-state index >= 15 is 0 Å². The first kappa shape index (κ1) is 18.1. The van der Waals surface area contributed by atoms with E-state index in [1.165, 1.54) is 6.07 Å². The first-order chi connectivity index (χ1) is 12.5. The molecule has 0 saturated carbocycles. The monoisotopic (exact) mass is 356 g/mol. The zero-order chi connectivity index (χ0) is 18.7. The Kier molecular flexibility index (Phi) is 5.37. The van der Waals surface area contributed by atoms with Crippen LogP contribution in [0.15, 0.2) is 35.1 Å². The first-order valence-electron chi connectivity index (χ1n) is 8.64. The summed E-state index contributed by atoms with van der Waals surface area (Å²) < 4.78 is 5.20. The lowest BCUT2D eigenvalue weighted by molar-refractivity contribution is 0.0785. The van der Waals surface area contributed by atoms with Crippen molar-refractivity contribution in [1.29, 1.82) is 0 Å². The normalized spacial score (nSPS) is 16.7. The highest BCUT2D eigenvalue weighted by Crippen LogP contribution is 2.27. The zero-order valence-corrected chi connectivity index (χ0v) is 15.4. The van der Waals surface area contributed by atoms with E-state index in [9.17, 15) is 9.59 Å².